The zero-order chi connectivity index (χ0) is 23.1. The summed E-state index contributed by atoms with van der Waals surface area (Å²) in [5, 5.41) is 16.9. The fourth-order valence-electron chi connectivity index (χ4n) is 4.01. The van der Waals surface area contributed by atoms with Crippen molar-refractivity contribution in [3.8, 4) is 5.75 Å². The first-order chi connectivity index (χ1) is 14.3. The Morgan fingerprint density at radius 1 is 1.26 bits per heavy atom. The van der Waals surface area contributed by atoms with E-state index in [1.54, 1.807) is 0 Å². The van der Waals surface area contributed by atoms with Crippen LogP contribution in [0.5, 0.6) is 5.75 Å². The zero-order valence-electron chi connectivity index (χ0n) is 16.1. The smallest absolute Gasteiger partial charge is 0.255 e. The average Bonchev–Trinajstić information content (AvgIpc) is 2.65. The number of anilines is 1. The summed E-state index contributed by atoms with van der Waals surface area (Å²) in [4.78, 5) is 16.5. The summed E-state index contributed by atoms with van der Waals surface area (Å²) in [6.45, 7) is 1.42. The number of nitrogens with zero attached hydrogens (tertiary/aromatic N) is 1. The summed E-state index contributed by atoms with van der Waals surface area (Å²) < 4.78 is 78.8. The van der Waals surface area contributed by atoms with Gasteiger partial charge in [-0.1, -0.05) is 13.0 Å². The van der Waals surface area contributed by atoms with Gasteiger partial charge in [-0.25, -0.2) is 31.7 Å². The van der Waals surface area contributed by atoms with E-state index in [-0.39, 0.29) is 11.3 Å². The highest BCUT2D eigenvalue weighted by atomic mass is 32.2. The molecule has 3 atom stereocenters. The molecule has 2 aromatic rings. The maximum atomic E-state index is 14.3. The van der Waals surface area contributed by atoms with Gasteiger partial charge in [0.2, 0.25) is 17.6 Å². The average molecular weight is 461 g/mol. The quantitative estimate of drug-likeness (QED) is 0.604. The van der Waals surface area contributed by atoms with Crippen LogP contribution in [0.25, 0.3) is 0 Å². The molecule has 1 aliphatic rings. The first-order valence-corrected chi connectivity index (χ1v) is 10.7. The van der Waals surface area contributed by atoms with Crippen LogP contribution in [0.3, 0.4) is 0 Å². The van der Waals surface area contributed by atoms with Crippen LogP contribution in [0.4, 0.5) is 23.2 Å². The second-order valence-electron chi connectivity index (χ2n) is 7.59. The van der Waals surface area contributed by atoms with Crippen molar-refractivity contribution in [3.63, 3.8) is 0 Å². The number of hydrogen-bond donors (Lipinski definition) is 3. The van der Waals surface area contributed by atoms with E-state index in [4.69, 9.17) is 5.14 Å². The van der Waals surface area contributed by atoms with Crippen molar-refractivity contribution >= 4 is 21.6 Å². The summed E-state index contributed by atoms with van der Waals surface area (Å²) >= 11 is 0. The van der Waals surface area contributed by atoms with Gasteiger partial charge in [-0.3, -0.25) is 4.79 Å². The van der Waals surface area contributed by atoms with Gasteiger partial charge in [-0.05, 0) is 18.1 Å². The van der Waals surface area contributed by atoms with Gasteiger partial charge in [0.15, 0.2) is 16.6 Å². The number of amides is 1. The Bertz CT molecular complexity index is 1130. The summed E-state index contributed by atoms with van der Waals surface area (Å²) in [6.07, 6.45) is -0.462. The van der Waals surface area contributed by atoms with Crippen LogP contribution >= 0.6 is 0 Å². The normalized spacial score (nSPS) is 23.4. The first kappa shape index (κ1) is 22.9. The minimum atomic E-state index is -4.17. The topological polar surface area (TPSA) is 122 Å². The Hall–Kier alpha value is -2.73. The minimum Gasteiger partial charge on any atom is -0.505 e. The number of alkyl halides is 2. The summed E-state index contributed by atoms with van der Waals surface area (Å²) in [5.41, 5.74) is -0.221. The van der Waals surface area contributed by atoms with Gasteiger partial charge < -0.3 is 10.4 Å². The fourth-order valence-corrected chi connectivity index (χ4v) is 4.51. The number of phenols is 1. The van der Waals surface area contributed by atoms with Gasteiger partial charge in [0.25, 0.3) is 10.0 Å². The third-order valence-electron chi connectivity index (χ3n) is 5.28. The highest BCUT2D eigenvalue weighted by molar-refractivity contribution is 7.89. The van der Waals surface area contributed by atoms with Crippen LogP contribution < -0.4 is 10.5 Å². The number of sulfonamides is 1. The molecule has 31 heavy (non-hydrogen) atoms. The summed E-state index contributed by atoms with van der Waals surface area (Å²) in [5.74, 6) is -11.4. The van der Waals surface area contributed by atoms with Crippen LogP contribution in [0.2, 0.25) is 0 Å². The number of aromatic hydroxyl groups is 1. The second-order valence-corrected chi connectivity index (χ2v) is 9.10. The molecule has 1 heterocycles. The lowest BCUT2D eigenvalue weighted by Crippen LogP contribution is -2.42. The maximum absolute atomic E-state index is 14.3. The number of primary sulfonamides is 1. The van der Waals surface area contributed by atoms with Gasteiger partial charge >= 0.3 is 0 Å². The van der Waals surface area contributed by atoms with Crippen molar-refractivity contribution < 1.29 is 35.9 Å². The number of hydrogen-bond acceptors (Lipinski definition) is 5. The third-order valence-corrected chi connectivity index (χ3v) is 6.08. The molecular formula is C19H19F4N3O4S. The number of carbonyl (C=O) groups is 1. The number of halogens is 4. The number of aromatic nitrogens is 1. The Morgan fingerprint density at radius 3 is 2.58 bits per heavy atom. The van der Waals surface area contributed by atoms with Crippen LogP contribution in [-0.4, -0.2) is 30.3 Å². The van der Waals surface area contributed by atoms with Crippen LogP contribution in [0.1, 0.15) is 31.2 Å². The molecule has 1 unspecified atom stereocenters. The van der Waals surface area contributed by atoms with Gasteiger partial charge in [0.1, 0.15) is 0 Å². The molecule has 0 bridgehead atoms. The molecule has 12 heteroatoms. The SMILES string of the molecule is C[C@@H]1CC(F)(F)C[C@H](C(=O)Nc2ccnc(S(N)(=O)=O)c2)C1c1ccc(F)c(F)c1O. The third kappa shape index (κ3) is 4.79. The molecule has 0 radical (unpaired) electrons. The van der Waals surface area contributed by atoms with Crippen LogP contribution in [0, 0.1) is 23.5 Å². The molecule has 1 aromatic carbocycles. The molecule has 7 nitrogen and oxygen atoms in total. The molecule has 1 fully saturated rings. The highest BCUT2D eigenvalue weighted by Crippen LogP contribution is 2.50. The molecule has 0 saturated heterocycles. The zero-order valence-corrected chi connectivity index (χ0v) is 17.0. The van der Waals surface area contributed by atoms with E-state index in [9.17, 15) is 35.9 Å². The Kier molecular flexibility index (Phi) is 5.98. The van der Waals surface area contributed by atoms with Gasteiger partial charge in [-0.2, -0.15) is 4.39 Å². The van der Waals surface area contributed by atoms with Crippen LogP contribution in [-0.2, 0) is 14.8 Å². The highest BCUT2D eigenvalue weighted by Gasteiger charge is 2.49. The fraction of sp³-hybridized carbons (Fsp3) is 0.368. The predicted molar refractivity (Wildman–Crippen MR) is 102 cm³/mol. The van der Waals surface area contributed by atoms with Crippen LogP contribution in [0.15, 0.2) is 35.5 Å². The van der Waals surface area contributed by atoms with E-state index in [0.717, 1.165) is 24.4 Å². The number of phenolic OH excluding ortho intramolecular Hbond substituents is 1. The van der Waals surface area contributed by atoms with E-state index in [1.165, 1.54) is 13.0 Å². The molecule has 1 aliphatic carbocycles. The largest absolute Gasteiger partial charge is 0.505 e. The van der Waals surface area contributed by atoms with E-state index in [1.807, 2.05) is 0 Å². The van der Waals surface area contributed by atoms with E-state index < -0.39 is 74.9 Å². The minimum absolute atomic E-state index is 0.0566. The van der Waals surface area contributed by atoms with E-state index >= 15 is 0 Å². The molecular weight excluding hydrogens is 442 g/mol. The van der Waals surface area contributed by atoms with Gasteiger partial charge in [-0.15, -0.1) is 0 Å². The molecule has 4 N–H and O–H groups in total. The van der Waals surface area contributed by atoms with Crippen molar-refractivity contribution in [2.45, 2.75) is 36.6 Å². The Balaban J connectivity index is 1.99. The molecule has 1 saturated carbocycles. The molecule has 0 aliphatic heterocycles. The van der Waals surface area contributed by atoms with Crippen molar-refractivity contribution in [2.75, 3.05) is 5.32 Å². The maximum Gasteiger partial charge on any atom is 0.255 e. The lowest BCUT2D eigenvalue weighted by molar-refractivity contribution is -0.131. The second kappa shape index (κ2) is 8.08. The lowest BCUT2D eigenvalue weighted by atomic mass is 9.67. The summed E-state index contributed by atoms with van der Waals surface area (Å²) in [6, 6.07) is 4.01. The molecule has 168 valence electrons. The molecule has 3 rings (SSSR count). The van der Waals surface area contributed by atoms with Gasteiger partial charge in [0, 0.05) is 42.3 Å². The molecule has 0 spiro atoms. The monoisotopic (exact) mass is 461 g/mol. The number of pyridine rings is 1. The van der Waals surface area contributed by atoms with Crippen molar-refractivity contribution in [3.05, 3.63) is 47.7 Å². The van der Waals surface area contributed by atoms with E-state index in [2.05, 4.69) is 10.3 Å². The number of rotatable bonds is 4. The number of nitrogens with one attached hydrogen (secondary N) is 1. The van der Waals surface area contributed by atoms with Crippen molar-refractivity contribution in [1.82, 2.24) is 4.98 Å². The van der Waals surface area contributed by atoms with Crippen molar-refractivity contribution in [1.29, 1.82) is 0 Å². The molecule has 1 amide bonds. The Labute approximate surface area is 175 Å². The number of nitrogens with two attached hydrogens (primary N) is 1. The standard InChI is InChI=1S/C19H19F4N3O4S/c1-9-7-19(22,23)8-12(15(9)11-2-3-13(20)16(21)17(11)27)18(28)26-10-4-5-25-14(6-10)31(24,29)30/h2-6,9,12,15,27H,7-8H2,1H3,(H2,24,29,30)(H,25,26,28)/t9-,12+,15?/m1/s1. The van der Waals surface area contributed by atoms with E-state index in [0.29, 0.717) is 0 Å². The van der Waals surface area contributed by atoms with Gasteiger partial charge in [0.05, 0.1) is 5.92 Å². The Morgan fingerprint density at radius 2 is 1.94 bits per heavy atom. The first-order valence-electron chi connectivity index (χ1n) is 9.14. The summed E-state index contributed by atoms with van der Waals surface area (Å²) in [7, 11) is -4.17. The number of carbonyl (C=O) groups excluding carboxylic acids is 1. The lowest BCUT2D eigenvalue weighted by Gasteiger charge is -2.40. The predicted octanol–water partition coefficient (Wildman–Crippen LogP) is 3.12. The number of benzene rings is 1. The molecule has 1 aromatic heterocycles. The van der Waals surface area contributed by atoms with Crippen molar-refractivity contribution in [2.24, 2.45) is 17.0 Å².